The van der Waals surface area contributed by atoms with Crippen LogP contribution in [0.1, 0.15) is 41.5 Å². The molecule has 6 heteroatoms. The predicted octanol–water partition coefficient (Wildman–Crippen LogP) is 3.99. The molecule has 160 valence electrons. The predicted molar refractivity (Wildman–Crippen MR) is 119 cm³/mol. The molecule has 0 atom stereocenters. The Bertz CT molecular complexity index is 1050. The normalized spacial score (nSPS) is 18.3. The van der Waals surface area contributed by atoms with Crippen molar-refractivity contribution in [3.8, 4) is 0 Å². The summed E-state index contributed by atoms with van der Waals surface area (Å²) in [6.07, 6.45) is 3.12. The molecule has 1 amide bonds. The molecule has 0 aromatic heterocycles. The minimum absolute atomic E-state index is 0.122. The van der Waals surface area contributed by atoms with Gasteiger partial charge in [-0.1, -0.05) is 35.9 Å². The van der Waals surface area contributed by atoms with Gasteiger partial charge in [-0.25, -0.2) is 8.42 Å². The smallest absolute Gasteiger partial charge is 0.243 e. The van der Waals surface area contributed by atoms with Crippen molar-refractivity contribution in [2.45, 2.75) is 51.3 Å². The molecule has 5 nitrogen and oxygen atoms in total. The maximum absolute atomic E-state index is 13.3. The summed E-state index contributed by atoms with van der Waals surface area (Å²) in [7, 11) is -3.55. The van der Waals surface area contributed by atoms with Crippen molar-refractivity contribution in [1.29, 1.82) is 0 Å². The molecule has 0 aliphatic carbocycles. The van der Waals surface area contributed by atoms with Crippen LogP contribution in [-0.2, 0) is 21.2 Å². The maximum Gasteiger partial charge on any atom is 0.243 e. The van der Waals surface area contributed by atoms with Gasteiger partial charge in [0.1, 0.15) is 0 Å². The molecule has 0 saturated carbocycles. The Morgan fingerprint density at radius 1 is 0.967 bits per heavy atom. The van der Waals surface area contributed by atoms with E-state index in [2.05, 4.69) is 6.07 Å². The van der Waals surface area contributed by atoms with E-state index in [9.17, 15) is 13.2 Å². The molecule has 0 N–H and O–H groups in total. The minimum Gasteiger partial charge on any atom is -0.312 e. The van der Waals surface area contributed by atoms with Crippen molar-refractivity contribution in [3.05, 3.63) is 58.7 Å². The lowest BCUT2D eigenvalue weighted by Crippen LogP contribution is -2.46. The zero-order valence-corrected chi connectivity index (χ0v) is 18.8. The van der Waals surface area contributed by atoms with Gasteiger partial charge in [0.05, 0.1) is 4.90 Å². The number of sulfonamides is 1. The van der Waals surface area contributed by atoms with E-state index in [-0.39, 0.29) is 11.8 Å². The monoisotopic (exact) mass is 426 g/mol. The number of rotatable bonds is 3. The van der Waals surface area contributed by atoms with Gasteiger partial charge in [0, 0.05) is 31.2 Å². The Kier molecular flexibility index (Phi) is 5.73. The van der Waals surface area contributed by atoms with Gasteiger partial charge in [0.2, 0.25) is 15.9 Å². The van der Waals surface area contributed by atoms with Crippen LogP contribution in [0.2, 0.25) is 0 Å². The average molecular weight is 427 g/mol. The molecular formula is C24H30N2O3S. The number of para-hydroxylation sites is 1. The SMILES string of the molecule is Cc1cc(C)c(S(=O)(=O)N2CCC(C(=O)N3CCCc4ccccc43)CC2)c(C)c1. The number of anilines is 1. The number of carbonyl (C=O) groups is 1. The summed E-state index contributed by atoms with van der Waals surface area (Å²) in [6, 6.07) is 12.0. The number of amides is 1. The number of benzene rings is 2. The molecule has 2 aliphatic heterocycles. The fraction of sp³-hybridized carbons (Fsp3) is 0.458. The third-order valence-electron chi connectivity index (χ3n) is 6.38. The lowest BCUT2D eigenvalue weighted by atomic mass is 9.94. The summed E-state index contributed by atoms with van der Waals surface area (Å²) in [6.45, 7) is 7.22. The van der Waals surface area contributed by atoms with E-state index in [1.165, 1.54) is 5.56 Å². The van der Waals surface area contributed by atoms with Crippen LogP contribution in [-0.4, -0.2) is 38.3 Å². The maximum atomic E-state index is 13.3. The largest absolute Gasteiger partial charge is 0.312 e. The highest BCUT2D eigenvalue weighted by atomic mass is 32.2. The third-order valence-corrected chi connectivity index (χ3v) is 8.59. The van der Waals surface area contributed by atoms with Crippen LogP contribution in [0.25, 0.3) is 0 Å². The molecule has 0 bridgehead atoms. The lowest BCUT2D eigenvalue weighted by Gasteiger charge is -2.36. The molecule has 4 rings (SSSR count). The number of hydrogen-bond donors (Lipinski definition) is 0. The first-order valence-electron chi connectivity index (χ1n) is 10.8. The van der Waals surface area contributed by atoms with E-state index in [0.29, 0.717) is 30.8 Å². The van der Waals surface area contributed by atoms with Gasteiger partial charge in [-0.3, -0.25) is 4.79 Å². The molecule has 0 unspecified atom stereocenters. The van der Waals surface area contributed by atoms with Crippen LogP contribution in [0.5, 0.6) is 0 Å². The Morgan fingerprint density at radius 2 is 1.60 bits per heavy atom. The van der Waals surface area contributed by atoms with Crippen molar-refractivity contribution >= 4 is 21.6 Å². The van der Waals surface area contributed by atoms with Gasteiger partial charge in [0.15, 0.2) is 0 Å². The summed E-state index contributed by atoms with van der Waals surface area (Å²) in [5.74, 6) is 0.0183. The molecular weight excluding hydrogens is 396 g/mol. The second kappa shape index (κ2) is 8.16. The van der Waals surface area contributed by atoms with Crippen molar-refractivity contribution in [1.82, 2.24) is 4.31 Å². The number of carbonyl (C=O) groups excluding carboxylic acids is 1. The first-order valence-corrected chi connectivity index (χ1v) is 12.2. The van der Waals surface area contributed by atoms with Gasteiger partial charge in [-0.05, 0) is 69.2 Å². The van der Waals surface area contributed by atoms with Gasteiger partial charge in [-0.15, -0.1) is 0 Å². The molecule has 0 spiro atoms. The second-order valence-electron chi connectivity index (χ2n) is 8.63. The van der Waals surface area contributed by atoms with Crippen molar-refractivity contribution < 1.29 is 13.2 Å². The Hall–Kier alpha value is -2.18. The number of fused-ring (bicyclic) bond motifs is 1. The first kappa shape index (κ1) is 21.1. The molecule has 0 radical (unpaired) electrons. The molecule has 2 heterocycles. The standard InChI is InChI=1S/C24H30N2O3S/c1-17-15-18(2)23(19(3)16-17)30(28,29)25-13-10-21(11-14-25)24(27)26-12-6-8-20-7-4-5-9-22(20)26/h4-5,7,9,15-16,21H,6,8,10-14H2,1-3H3. The van der Waals surface area contributed by atoms with Gasteiger partial charge in [-0.2, -0.15) is 4.31 Å². The number of piperidine rings is 1. The summed E-state index contributed by atoms with van der Waals surface area (Å²) >= 11 is 0. The number of aryl methyl sites for hydroxylation is 4. The number of hydrogen-bond acceptors (Lipinski definition) is 3. The summed E-state index contributed by atoms with van der Waals surface area (Å²) in [5.41, 5.74) is 4.89. The molecule has 1 saturated heterocycles. The highest BCUT2D eigenvalue weighted by Gasteiger charge is 2.36. The number of nitrogens with zero attached hydrogens (tertiary/aromatic N) is 2. The first-order chi connectivity index (χ1) is 14.3. The van der Waals surface area contributed by atoms with E-state index >= 15 is 0 Å². The van der Waals surface area contributed by atoms with Crippen LogP contribution in [0.3, 0.4) is 0 Å². The fourth-order valence-corrected chi connectivity index (χ4v) is 6.91. The van der Waals surface area contributed by atoms with Crippen molar-refractivity contribution in [2.75, 3.05) is 24.5 Å². The van der Waals surface area contributed by atoms with Gasteiger partial charge >= 0.3 is 0 Å². The molecule has 2 aromatic carbocycles. The summed E-state index contributed by atoms with van der Waals surface area (Å²) in [4.78, 5) is 15.6. The van der Waals surface area contributed by atoms with Crippen LogP contribution < -0.4 is 4.90 Å². The molecule has 1 fully saturated rings. The second-order valence-corrected chi connectivity index (χ2v) is 10.5. The van der Waals surface area contributed by atoms with Crippen LogP contribution in [0.15, 0.2) is 41.3 Å². The van der Waals surface area contributed by atoms with Crippen LogP contribution in [0, 0.1) is 26.7 Å². The van der Waals surface area contributed by atoms with E-state index in [0.717, 1.165) is 41.8 Å². The third kappa shape index (κ3) is 3.79. The fourth-order valence-electron chi connectivity index (χ4n) is 5.03. The quantitative estimate of drug-likeness (QED) is 0.746. The zero-order chi connectivity index (χ0) is 21.5. The van der Waals surface area contributed by atoms with Gasteiger partial charge in [0.25, 0.3) is 0 Å². The molecule has 2 aromatic rings. The molecule has 2 aliphatic rings. The Balaban J connectivity index is 1.49. The Labute approximate surface area is 179 Å². The minimum atomic E-state index is -3.55. The average Bonchev–Trinajstić information content (AvgIpc) is 2.72. The van der Waals surface area contributed by atoms with E-state index in [1.807, 2.05) is 56.0 Å². The topological polar surface area (TPSA) is 57.7 Å². The van der Waals surface area contributed by atoms with Crippen molar-refractivity contribution in [3.63, 3.8) is 0 Å². The summed E-state index contributed by atoms with van der Waals surface area (Å²) < 4.78 is 28.2. The highest BCUT2D eigenvalue weighted by molar-refractivity contribution is 7.89. The summed E-state index contributed by atoms with van der Waals surface area (Å²) in [5, 5.41) is 0. The zero-order valence-electron chi connectivity index (χ0n) is 18.0. The van der Waals surface area contributed by atoms with E-state index in [1.54, 1.807) is 4.31 Å². The van der Waals surface area contributed by atoms with Crippen molar-refractivity contribution in [2.24, 2.45) is 5.92 Å². The highest BCUT2D eigenvalue weighted by Crippen LogP contribution is 2.32. The van der Waals surface area contributed by atoms with E-state index < -0.39 is 10.0 Å². The van der Waals surface area contributed by atoms with Gasteiger partial charge < -0.3 is 4.90 Å². The van der Waals surface area contributed by atoms with Crippen LogP contribution in [0.4, 0.5) is 5.69 Å². The lowest BCUT2D eigenvalue weighted by molar-refractivity contribution is -0.123. The Morgan fingerprint density at radius 3 is 2.27 bits per heavy atom. The molecule has 30 heavy (non-hydrogen) atoms. The van der Waals surface area contributed by atoms with Crippen LogP contribution >= 0.6 is 0 Å². The van der Waals surface area contributed by atoms with E-state index in [4.69, 9.17) is 0 Å².